The molecule has 1 N–H and O–H groups in total. The van der Waals surface area contributed by atoms with Crippen molar-refractivity contribution in [3.05, 3.63) is 0 Å². The number of hydrogen-bond acceptors (Lipinski definition) is 5. The largest absolute Gasteiger partial charge is 0.340 e. The molecular weight excluding hydrogens is 310 g/mol. The van der Waals surface area contributed by atoms with Gasteiger partial charge in [-0.3, -0.25) is 10.1 Å². The topological polar surface area (TPSA) is 69.7 Å². The quantitative estimate of drug-likeness (QED) is 0.783. The van der Waals surface area contributed by atoms with Crippen molar-refractivity contribution >= 4 is 27.7 Å². The summed E-state index contributed by atoms with van der Waals surface area (Å²) in [4.78, 5) is 14.2. The first-order chi connectivity index (χ1) is 10.0. The summed E-state index contributed by atoms with van der Waals surface area (Å²) in [5, 5.41) is 3.18. The molecule has 2 aliphatic heterocycles. The van der Waals surface area contributed by atoms with Crippen LogP contribution in [0.2, 0.25) is 0 Å². The highest BCUT2D eigenvalue weighted by atomic mass is 32.2. The fourth-order valence-corrected chi connectivity index (χ4v) is 5.23. The minimum absolute atomic E-state index is 0.0988. The van der Waals surface area contributed by atoms with Crippen LogP contribution in [0.3, 0.4) is 0 Å². The molecule has 1 amide bonds. The predicted octanol–water partition coefficient (Wildman–Crippen LogP) is 0.313. The Labute approximate surface area is 131 Å². The van der Waals surface area contributed by atoms with Gasteiger partial charge in [-0.15, -0.1) is 11.8 Å². The Balaban J connectivity index is 1.90. The molecule has 2 aliphatic rings. The predicted molar refractivity (Wildman–Crippen MR) is 85.7 cm³/mol. The Bertz CT molecular complexity index is 450. The third kappa shape index (κ3) is 4.58. The minimum Gasteiger partial charge on any atom is -0.340 e. The van der Waals surface area contributed by atoms with Crippen molar-refractivity contribution in [2.24, 2.45) is 0 Å². The van der Waals surface area contributed by atoms with Crippen molar-refractivity contribution in [3.8, 4) is 0 Å². The highest BCUT2D eigenvalue weighted by Crippen LogP contribution is 2.15. The smallest absolute Gasteiger partial charge is 0.240 e. The molecule has 122 valence electrons. The van der Waals surface area contributed by atoms with Crippen molar-refractivity contribution in [1.29, 1.82) is 0 Å². The molecule has 21 heavy (non-hydrogen) atoms. The third-order valence-corrected chi connectivity index (χ3v) is 6.83. The number of nitrogens with one attached hydrogen (secondary N) is 1. The van der Waals surface area contributed by atoms with Crippen LogP contribution in [0.5, 0.6) is 0 Å². The molecule has 1 unspecified atom stereocenters. The summed E-state index contributed by atoms with van der Waals surface area (Å²) >= 11 is 1.73. The summed E-state index contributed by atoms with van der Waals surface area (Å²) in [6.45, 7) is 4.11. The van der Waals surface area contributed by atoms with E-state index in [1.165, 1.54) is 0 Å². The second-order valence-corrected chi connectivity index (χ2v) is 8.64. The van der Waals surface area contributed by atoms with Gasteiger partial charge < -0.3 is 4.90 Å². The molecule has 2 rings (SSSR count). The van der Waals surface area contributed by atoms with E-state index in [9.17, 15) is 13.2 Å². The van der Waals surface area contributed by atoms with Crippen LogP contribution in [0.15, 0.2) is 0 Å². The fourth-order valence-electron chi connectivity index (χ4n) is 2.62. The van der Waals surface area contributed by atoms with Crippen LogP contribution < -0.4 is 5.32 Å². The van der Waals surface area contributed by atoms with Crippen LogP contribution in [0.1, 0.15) is 26.2 Å². The number of amides is 1. The second kappa shape index (κ2) is 7.80. The highest BCUT2D eigenvalue weighted by molar-refractivity contribution is 7.99. The van der Waals surface area contributed by atoms with Gasteiger partial charge in [0.15, 0.2) is 0 Å². The van der Waals surface area contributed by atoms with E-state index >= 15 is 0 Å². The SMILES string of the molecule is CCCCS(=O)(=O)N1CCCN(C(=O)C2CSCN2)CC1. The molecule has 0 aromatic carbocycles. The molecule has 2 heterocycles. The van der Waals surface area contributed by atoms with Crippen LogP contribution in [0.25, 0.3) is 0 Å². The van der Waals surface area contributed by atoms with E-state index < -0.39 is 10.0 Å². The van der Waals surface area contributed by atoms with E-state index in [2.05, 4.69) is 5.32 Å². The van der Waals surface area contributed by atoms with Crippen molar-refractivity contribution in [1.82, 2.24) is 14.5 Å². The number of carbonyl (C=O) groups excluding carboxylic acids is 1. The monoisotopic (exact) mass is 335 g/mol. The molecule has 0 aromatic heterocycles. The maximum atomic E-state index is 12.4. The van der Waals surface area contributed by atoms with Gasteiger partial charge >= 0.3 is 0 Å². The van der Waals surface area contributed by atoms with E-state index in [-0.39, 0.29) is 17.7 Å². The first-order valence-corrected chi connectivity index (χ1v) is 10.4. The molecule has 0 spiro atoms. The van der Waals surface area contributed by atoms with Gasteiger partial charge in [0.1, 0.15) is 0 Å². The van der Waals surface area contributed by atoms with Crippen LogP contribution in [0, 0.1) is 0 Å². The van der Waals surface area contributed by atoms with E-state index in [4.69, 9.17) is 0 Å². The first kappa shape index (κ1) is 17.1. The summed E-state index contributed by atoms with van der Waals surface area (Å²) in [6.07, 6.45) is 2.30. The average molecular weight is 335 g/mol. The molecule has 8 heteroatoms. The van der Waals surface area contributed by atoms with Gasteiger partial charge in [0.05, 0.1) is 11.8 Å². The standard InChI is InChI=1S/C13H25N3O3S2/c1-2-3-9-21(18,19)16-6-4-5-15(7-8-16)13(17)12-10-20-11-14-12/h12,14H,2-11H2,1H3. The molecule has 2 saturated heterocycles. The number of sulfonamides is 1. The van der Waals surface area contributed by atoms with Gasteiger partial charge in [-0.1, -0.05) is 13.3 Å². The van der Waals surface area contributed by atoms with Crippen molar-refractivity contribution in [2.45, 2.75) is 32.2 Å². The van der Waals surface area contributed by atoms with E-state index in [1.54, 1.807) is 16.1 Å². The van der Waals surface area contributed by atoms with Crippen LogP contribution in [0.4, 0.5) is 0 Å². The average Bonchev–Trinajstić information content (AvgIpc) is 2.88. The summed E-state index contributed by atoms with van der Waals surface area (Å²) in [7, 11) is -3.16. The zero-order chi connectivity index (χ0) is 15.3. The Morgan fingerprint density at radius 3 is 2.76 bits per heavy atom. The molecule has 2 fully saturated rings. The molecule has 0 saturated carbocycles. The van der Waals surface area contributed by atoms with E-state index in [0.29, 0.717) is 32.6 Å². The Morgan fingerprint density at radius 2 is 2.10 bits per heavy atom. The van der Waals surface area contributed by atoms with Gasteiger partial charge in [0, 0.05) is 37.8 Å². The fraction of sp³-hybridized carbons (Fsp3) is 0.923. The minimum atomic E-state index is -3.16. The number of hydrogen-bond donors (Lipinski definition) is 1. The van der Waals surface area contributed by atoms with E-state index in [1.807, 2.05) is 11.8 Å². The molecule has 0 bridgehead atoms. The van der Waals surface area contributed by atoms with Crippen LogP contribution in [-0.4, -0.2) is 73.1 Å². The number of thioether (sulfide) groups is 1. The van der Waals surface area contributed by atoms with Crippen molar-refractivity contribution in [3.63, 3.8) is 0 Å². The lowest BCUT2D eigenvalue weighted by Gasteiger charge is -2.24. The lowest BCUT2D eigenvalue weighted by Crippen LogP contribution is -2.46. The second-order valence-electron chi connectivity index (χ2n) is 5.52. The Morgan fingerprint density at radius 1 is 1.29 bits per heavy atom. The van der Waals surface area contributed by atoms with Crippen LogP contribution in [-0.2, 0) is 14.8 Å². The Hall–Kier alpha value is -0.310. The molecular formula is C13H25N3O3S2. The molecule has 0 radical (unpaired) electrons. The lowest BCUT2D eigenvalue weighted by atomic mass is 10.2. The first-order valence-electron chi connectivity index (χ1n) is 7.62. The van der Waals surface area contributed by atoms with Gasteiger partial charge in [-0.05, 0) is 12.8 Å². The molecule has 1 atom stereocenters. The normalized spacial score (nSPS) is 25.0. The van der Waals surface area contributed by atoms with Gasteiger partial charge in [0.2, 0.25) is 15.9 Å². The van der Waals surface area contributed by atoms with Crippen LogP contribution >= 0.6 is 11.8 Å². The Kier molecular flexibility index (Phi) is 6.34. The molecule has 6 nitrogen and oxygen atoms in total. The van der Waals surface area contributed by atoms with Gasteiger partial charge in [-0.2, -0.15) is 0 Å². The zero-order valence-electron chi connectivity index (χ0n) is 12.6. The number of rotatable bonds is 5. The van der Waals surface area contributed by atoms with Gasteiger partial charge in [-0.25, -0.2) is 12.7 Å². The van der Waals surface area contributed by atoms with E-state index in [0.717, 1.165) is 24.5 Å². The highest BCUT2D eigenvalue weighted by Gasteiger charge is 2.30. The molecule has 0 aliphatic carbocycles. The number of nitrogens with zero attached hydrogens (tertiary/aromatic N) is 2. The summed E-state index contributed by atoms with van der Waals surface area (Å²) in [6, 6.07) is -0.0988. The maximum absolute atomic E-state index is 12.4. The van der Waals surface area contributed by atoms with Gasteiger partial charge in [0.25, 0.3) is 0 Å². The van der Waals surface area contributed by atoms with Crippen molar-refractivity contribution in [2.75, 3.05) is 43.6 Å². The van der Waals surface area contributed by atoms with Crippen molar-refractivity contribution < 1.29 is 13.2 Å². The third-order valence-electron chi connectivity index (χ3n) is 3.93. The summed E-state index contributed by atoms with van der Waals surface area (Å²) in [5.74, 6) is 1.97. The summed E-state index contributed by atoms with van der Waals surface area (Å²) < 4.78 is 26.0. The molecule has 0 aromatic rings. The lowest BCUT2D eigenvalue weighted by molar-refractivity contribution is -0.132. The summed E-state index contributed by atoms with van der Waals surface area (Å²) in [5.41, 5.74) is 0. The number of unbranched alkanes of at least 4 members (excludes halogenated alkanes) is 1. The maximum Gasteiger partial charge on any atom is 0.240 e. The zero-order valence-corrected chi connectivity index (χ0v) is 14.2. The number of carbonyl (C=O) groups is 1.